The van der Waals surface area contributed by atoms with Crippen LogP contribution in [0, 0.1) is 10.1 Å². The van der Waals surface area contributed by atoms with Crippen LogP contribution in [0.5, 0.6) is 0 Å². The number of amides is 1. The van der Waals surface area contributed by atoms with Crippen LogP contribution in [-0.2, 0) is 11.0 Å². The molecule has 146 valence electrons. The highest BCUT2D eigenvalue weighted by Crippen LogP contribution is 2.34. The van der Waals surface area contributed by atoms with Crippen LogP contribution in [0.15, 0.2) is 18.2 Å². The molecule has 0 heterocycles. The van der Waals surface area contributed by atoms with Gasteiger partial charge in [-0.3, -0.25) is 14.9 Å². The number of hydrogen-bond donors (Lipinski definition) is 3. The first kappa shape index (κ1) is 21.7. The largest absolute Gasteiger partial charge is 0.416 e. The predicted octanol–water partition coefficient (Wildman–Crippen LogP) is 3.05. The number of halogens is 3. The van der Waals surface area contributed by atoms with Crippen LogP contribution in [0.1, 0.15) is 38.7 Å². The zero-order valence-electron chi connectivity index (χ0n) is 14.7. The SMILES string of the molecule is CCC(N)(CC)CNC(=O)CCNc1ccc(C(F)(F)F)cc1[N+](=O)[O-]. The highest BCUT2D eigenvalue weighted by molar-refractivity contribution is 5.76. The zero-order chi connectivity index (χ0) is 20.0. The molecule has 0 spiro atoms. The first-order valence-corrected chi connectivity index (χ1v) is 8.17. The van der Waals surface area contributed by atoms with E-state index in [1.54, 1.807) is 0 Å². The molecule has 0 aromatic heterocycles. The first-order valence-electron chi connectivity index (χ1n) is 8.17. The number of nitro groups is 1. The lowest BCUT2D eigenvalue weighted by molar-refractivity contribution is -0.384. The average molecular weight is 376 g/mol. The summed E-state index contributed by atoms with van der Waals surface area (Å²) in [6.07, 6.45) is -3.28. The van der Waals surface area contributed by atoms with Crippen molar-refractivity contribution < 1.29 is 22.9 Å². The van der Waals surface area contributed by atoms with Crippen molar-refractivity contribution in [2.45, 2.75) is 44.8 Å². The maximum atomic E-state index is 12.7. The third-order valence-corrected chi connectivity index (χ3v) is 4.24. The van der Waals surface area contributed by atoms with E-state index >= 15 is 0 Å². The van der Waals surface area contributed by atoms with E-state index in [-0.39, 0.29) is 24.6 Å². The normalized spacial score (nSPS) is 11.9. The van der Waals surface area contributed by atoms with Crippen molar-refractivity contribution in [3.8, 4) is 0 Å². The monoisotopic (exact) mass is 376 g/mol. The van der Waals surface area contributed by atoms with Gasteiger partial charge in [0.1, 0.15) is 5.69 Å². The zero-order valence-corrected chi connectivity index (χ0v) is 14.7. The fraction of sp³-hybridized carbons (Fsp3) is 0.562. The third kappa shape index (κ3) is 6.17. The van der Waals surface area contributed by atoms with Crippen LogP contribution >= 0.6 is 0 Å². The molecule has 0 saturated heterocycles. The molecule has 0 aliphatic carbocycles. The summed E-state index contributed by atoms with van der Waals surface area (Å²) < 4.78 is 38.0. The minimum absolute atomic E-state index is 0.00167. The molecular formula is C16H23F3N4O3. The van der Waals surface area contributed by atoms with Gasteiger partial charge in [-0.2, -0.15) is 13.2 Å². The van der Waals surface area contributed by atoms with Gasteiger partial charge in [-0.1, -0.05) is 13.8 Å². The number of benzene rings is 1. The van der Waals surface area contributed by atoms with E-state index in [2.05, 4.69) is 10.6 Å². The lowest BCUT2D eigenvalue weighted by atomic mass is 9.94. The van der Waals surface area contributed by atoms with Crippen molar-refractivity contribution in [2.24, 2.45) is 5.73 Å². The molecular weight excluding hydrogens is 353 g/mol. The molecule has 1 aromatic carbocycles. The molecule has 26 heavy (non-hydrogen) atoms. The molecule has 1 rings (SSSR count). The average Bonchev–Trinajstić information content (AvgIpc) is 2.58. The van der Waals surface area contributed by atoms with E-state index in [1.807, 2.05) is 13.8 Å². The van der Waals surface area contributed by atoms with Gasteiger partial charge in [0.25, 0.3) is 5.69 Å². The molecule has 1 aromatic rings. The molecule has 4 N–H and O–H groups in total. The van der Waals surface area contributed by atoms with Gasteiger partial charge in [-0.25, -0.2) is 0 Å². The summed E-state index contributed by atoms with van der Waals surface area (Å²) in [5, 5.41) is 16.3. The van der Waals surface area contributed by atoms with Crippen molar-refractivity contribution in [3.05, 3.63) is 33.9 Å². The number of alkyl halides is 3. The van der Waals surface area contributed by atoms with Gasteiger partial charge in [-0.05, 0) is 25.0 Å². The minimum Gasteiger partial charge on any atom is -0.379 e. The molecule has 0 radical (unpaired) electrons. The van der Waals surface area contributed by atoms with E-state index in [4.69, 9.17) is 5.73 Å². The van der Waals surface area contributed by atoms with Gasteiger partial charge in [0, 0.05) is 31.1 Å². The summed E-state index contributed by atoms with van der Waals surface area (Å²) in [6.45, 7) is 4.18. The van der Waals surface area contributed by atoms with Crippen molar-refractivity contribution in [1.82, 2.24) is 5.32 Å². The molecule has 0 atom stereocenters. The van der Waals surface area contributed by atoms with Crippen molar-refractivity contribution in [3.63, 3.8) is 0 Å². The summed E-state index contributed by atoms with van der Waals surface area (Å²) in [7, 11) is 0. The molecule has 7 nitrogen and oxygen atoms in total. The van der Waals surface area contributed by atoms with Crippen LogP contribution in [0.4, 0.5) is 24.5 Å². The van der Waals surface area contributed by atoms with Crippen molar-refractivity contribution >= 4 is 17.3 Å². The van der Waals surface area contributed by atoms with Gasteiger partial charge in [0.15, 0.2) is 0 Å². The number of rotatable bonds is 9. The topological polar surface area (TPSA) is 110 Å². The highest BCUT2D eigenvalue weighted by atomic mass is 19.4. The van der Waals surface area contributed by atoms with Gasteiger partial charge < -0.3 is 16.4 Å². The summed E-state index contributed by atoms with van der Waals surface area (Å²) >= 11 is 0. The number of anilines is 1. The summed E-state index contributed by atoms with van der Waals surface area (Å²) in [5.74, 6) is -0.302. The van der Waals surface area contributed by atoms with Gasteiger partial charge in [0.2, 0.25) is 5.91 Å². The second-order valence-corrected chi connectivity index (χ2v) is 6.01. The summed E-state index contributed by atoms with van der Waals surface area (Å²) in [6, 6.07) is 2.20. The Morgan fingerprint density at radius 2 is 1.88 bits per heavy atom. The minimum atomic E-state index is -4.67. The number of nitrogens with zero attached hydrogens (tertiary/aromatic N) is 1. The van der Waals surface area contributed by atoms with E-state index in [9.17, 15) is 28.1 Å². The second-order valence-electron chi connectivity index (χ2n) is 6.01. The smallest absolute Gasteiger partial charge is 0.379 e. The highest BCUT2D eigenvalue weighted by Gasteiger charge is 2.33. The van der Waals surface area contributed by atoms with E-state index in [0.29, 0.717) is 25.5 Å². The Hall–Kier alpha value is -2.36. The maximum absolute atomic E-state index is 12.7. The summed E-state index contributed by atoms with van der Waals surface area (Å²) in [4.78, 5) is 21.9. The Bertz CT molecular complexity index is 646. The molecule has 0 bridgehead atoms. The number of nitrogens with two attached hydrogens (primary N) is 1. The fourth-order valence-electron chi connectivity index (χ4n) is 2.18. The fourth-order valence-corrected chi connectivity index (χ4v) is 2.18. The Labute approximate surface area is 149 Å². The van der Waals surface area contributed by atoms with Gasteiger partial charge in [-0.15, -0.1) is 0 Å². The Morgan fingerprint density at radius 1 is 1.27 bits per heavy atom. The number of nitro benzene ring substituents is 1. The Balaban J connectivity index is 2.65. The van der Waals surface area contributed by atoms with Gasteiger partial charge >= 0.3 is 6.18 Å². The van der Waals surface area contributed by atoms with Crippen LogP contribution in [0.2, 0.25) is 0 Å². The Morgan fingerprint density at radius 3 is 2.38 bits per heavy atom. The molecule has 0 fully saturated rings. The van der Waals surface area contributed by atoms with Crippen LogP contribution in [-0.4, -0.2) is 29.5 Å². The lowest BCUT2D eigenvalue weighted by Crippen LogP contribution is -2.49. The molecule has 0 saturated carbocycles. The summed E-state index contributed by atoms with van der Waals surface area (Å²) in [5.41, 5.74) is 3.70. The van der Waals surface area contributed by atoms with Crippen LogP contribution in [0.25, 0.3) is 0 Å². The predicted molar refractivity (Wildman–Crippen MR) is 91.7 cm³/mol. The van der Waals surface area contributed by atoms with Crippen LogP contribution in [0.3, 0.4) is 0 Å². The lowest BCUT2D eigenvalue weighted by Gasteiger charge is -2.26. The second kappa shape index (κ2) is 8.84. The molecule has 1 amide bonds. The maximum Gasteiger partial charge on any atom is 0.416 e. The standard InChI is InChI=1S/C16H23F3N4O3/c1-3-15(20,4-2)10-22-14(24)7-8-21-12-6-5-11(16(17,18)19)9-13(12)23(25)26/h5-6,9,21H,3-4,7-8,10,20H2,1-2H3,(H,22,24). The quantitative estimate of drug-likeness (QED) is 0.453. The first-order chi connectivity index (χ1) is 12.0. The number of hydrogen-bond acceptors (Lipinski definition) is 5. The molecule has 0 aliphatic heterocycles. The third-order valence-electron chi connectivity index (χ3n) is 4.24. The molecule has 0 unspecified atom stereocenters. The number of nitrogens with one attached hydrogen (secondary N) is 2. The van der Waals surface area contributed by atoms with Crippen molar-refractivity contribution in [2.75, 3.05) is 18.4 Å². The van der Waals surface area contributed by atoms with Crippen molar-refractivity contribution in [1.29, 1.82) is 0 Å². The van der Waals surface area contributed by atoms with Crippen LogP contribution < -0.4 is 16.4 Å². The molecule has 0 aliphatic rings. The van der Waals surface area contributed by atoms with E-state index < -0.39 is 27.9 Å². The molecule has 10 heteroatoms. The number of carbonyl (C=O) groups excluding carboxylic acids is 1. The van der Waals surface area contributed by atoms with E-state index in [0.717, 1.165) is 12.1 Å². The van der Waals surface area contributed by atoms with Gasteiger partial charge in [0.05, 0.1) is 10.5 Å². The number of carbonyl (C=O) groups is 1. The Kier molecular flexibility index (Phi) is 7.37. The van der Waals surface area contributed by atoms with E-state index in [1.165, 1.54) is 0 Å².